The molecule has 0 aromatic carbocycles. The zero-order valence-corrected chi connectivity index (χ0v) is 20.1. The Hall–Kier alpha value is -2.58. The molecule has 1 aliphatic rings. The van der Waals surface area contributed by atoms with E-state index in [0.717, 1.165) is 25.7 Å². The molecule has 0 saturated heterocycles. The van der Waals surface area contributed by atoms with E-state index in [4.69, 9.17) is 4.74 Å². The number of carbonyl (C=O) groups excluding carboxylic acids is 3. The summed E-state index contributed by atoms with van der Waals surface area (Å²) in [6, 6.07) is 0.144. The summed E-state index contributed by atoms with van der Waals surface area (Å²) < 4.78 is 19.7. The number of hydrogen-bond acceptors (Lipinski definition) is 6. The lowest BCUT2D eigenvalue weighted by Crippen LogP contribution is -2.46. The molecule has 1 amide bonds. The number of hydrogen-bond donors (Lipinski definition) is 1. The van der Waals surface area contributed by atoms with Crippen molar-refractivity contribution in [2.75, 3.05) is 6.67 Å². The van der Waals surface area contributed by atoms with Gasteiger partial charge in [0.1, 0.15) is 18.3 Å². The minimum atomic E-state index is -1.36. The summed E-state index contributed by atoms with van der Waals surface area (Å²) in [5.74, 6) is -2.73. The average Bonchev–Trinajstić information content (AvgIpc) is 2.75. The molecule has 0 spiro atoms. The van der Waals surface area contributed by atoms with Gasteiger partial charge in [0.2, 0.25) is 5.91 Å². The molecule has 1 aromatic heterocycles. The summed E-state index contributed by atoms with van der Waals surface area (Å²) in [5, 5.41) is 6.66. The third-order valence-electron chi connectivity index (χ3n) is 5.83. The van der Waals surface area contributed by atoms with E-state index in [-0.39, 0.29) is 17.5 Å². The van der Waals surface area contributed by atoms with Crippen LogP contribution in [0.5, 0.6) is 0 Å². The maximum atomic E-state index is 13.1. The number of ether oxygens (including phenoxy) is 1. The zero-order valence-electron chi connectivity index (χ0n) is 20.1. The van der Waals surface area contributed by atoms with Crippen LogP contribution in [0.3, 0.4) is 0 Å². The Labute approximate surface area is 194 Å². The van der Waals surface area contributed by atoms with Crippen LogP contribution in [0, 0.1) is 5.92 Å². The number of carbonyl (C=O) groups is 3. The maximum absolute atomic E-state index is 13.1. The molecule has 0 aliphatic heterocycles. The van der Waals surface area contributed by atoms with Gasteiger partial charge in [0.25, 0.3) is 5.56 Å². The van der Waals surface area contributed by atoms with Gasteiger partial charge in [0, 0.05) is 18.3 Å². The molecule has 1 heterocycles. The van der Waals surface area contributed by atoms with Crippen LogP contribution in [0.4, 0.5) is 4.39 Å². The molecule has 1 aliphatic carbocycles. The van der Waals surface area contributed by atoms with Gasteiger partial charge in [-0.15, -0.1) is 0 Å². The molecule has 1 saturated carbocycles. The highest BCUT2D eigenvalue weighted by molar-refractivity contribution is 5.94. The number of aromatic nitrogens is 2. The molecule has 1 N–H and O–H groups in total. The van der Waals surface area contributed by atoms with Crippen LogP contribution in [0.15, 0.2) is 17.1 Å². The Morgan fingerprint density at radius 1 is 1.24 bits per heavy atom. The molecule has 0 radical (unpaired) electrons. The Bertz CT molecular complexity index is 887. The summed E-state index contributed by atoms with van der Waals surface area (Å²) in [7, 11) is 0. The molecule has 8 nitrogen and oxygen atoms in total. The van der Waals surface area contributed by atoms with Crippen molar-refractivity contribution in [3.05, 3.63) is 28.2 Å². The number of ketones is 1. The zero-order chi connectivity index (χ0) is 24.6. The van der Waals surface area contributed by atoms with E-state index >= 15 is 0 Å². The normalized spacial score (nSPS) is 16.6. The summed E-state index contributed by atoms with van der Waals surface area (Å²) in [4.78, 5) is 50.3. The van der Waals surface area contributed by atoms with Crippen molar-refractivity contribution in [2.24, 2.45) is 5.92 Å². The van der Waals surface area contributed by atoms with Crippen LogP contribution in [0.25, 0.3) is 0 Å². The highest BCUT2D eigenvalue weighted by Gasteiger charge is 2.30. The van der Waals surface area contributed by atoms with Gasteiger partial charge in [-0.25, -0.2) is 9.07 Å². The van der Waals surface area contributed by atoms with Crippen molar-refractivity contribution in [2.45, 2.75) is 96.7 Å². The Morgan fingerprint density at radius 3 is 2.48 bits per heavy atom. The van der Waals surface area contributed by atoms with Gasteiger partial charge >= 0.3 is 5.97 Å². The molecule has 2 rings (SSSR count). The number of rotatable bonds is 10. The SMILES string of the molecule is CCC(C(=O)NC(CC(=O)OC(C)(C)C)C(=O)CF)c1ccnn(CC2CCCCC2)c1=O. The lowest BCUT2D eigenvalue weighted by molar-refractivity contribution is -0.156. The highest BCUT2D eigenvalue weighted by Crippen LogP contribution is 2.24. The van der Waals surface area contributed by atoms with E-state index in [1.807, 2.05) is 0 Å². The van der Waals surface area contributed by atoms with Crippen molar-refractivity contribution in [3.63, 3.8) is 0 Å². The van der Waals surface area contributed by atoms with E-state index in [9.17, 15) is 23.6 Å². The van der Waals surface area contributed by atoms with Crippen molar-refractivity contribution >= 4 is 17.7 Å². The van der Waals surface area contributed by atoms with E-state index in [0.29, 0.717) is 12.5 Å². The first kappa shape index (κ1) is 26.7. The van der Waals surface area contributed by atoms with Crippen LogP contribution in [-0.4, -0.2) is 45.8 Å². The molecule has 9 heteroatoms. The van der Waals surface area contributed by atoms with Crippen LogP contribution < -0.4 is 10.9 Å². The van der Waals surface area contributed by atoms with Gasteiger partial charge in [-0.05, 0) is 52.0 Å². The van der Waals surface area contributed by atoms with Crippen molar-refractivity contribution in [1.82, 2.24) is 15.1 Å². The second-order valence-corrected chi connectivity index (χ2v) is 9.69. The second-order valence-electron chi connectivity index (χ2n) is 9.69. The first-order valence-corrected chi connectivity index (χ1v) is 11.7. The third-order valence-corrected chi connectivity index (χ3v) is 5.83. The van der Waals surface area contributed by atoms with Crippen LogP contribution in [0.2, 0.25) is 0 Å². The smallest absolute Gasteiger partial charge is 0.308 e. The van der Waals surface area contributed by atoms with E-state index in [2.05, 4.69) is 10.4 Å². The second kappa shape index (κ2) is 12.0. The number of esters is 1. The largest absolute Gasteiger partial charge is 0.460 e. The Kier molecular flexibility index (Phi) is 9.73. The van der Waals surface area contributed by atoms with Crippen LogP contribution >= 0.6 is 0 Å². The van der Waals surface area contributed by atoms with E-state index < -0.39 is 48.3 Å². The molecule has 1 aromatic rings. The Morgan fingerprint density at radius 2 is 1.91 bits per heavy atom. The minimum absolute atomic E-state index is 0.268. The summed E-state index contributed by atoms with van der Waals surface area (Å²) in [5.41, 5.74) is -0.855. The summed E-state index contributed by atoms with van der Waals surface area (Å²) in [6.07, 6.45) is 6.89. The van der Waals surface area contributed by atoms with Crippen molar-refractivity contribution in [3.8, 4) is 0 Å². The highest BCUT2D eigenvalue weighted by atomic mass is 19.1. The number of nitrogens with zero attached hydrogens (tertiary/aromatic N) is 2. The number of amides is 1. The molecule has 0 bridgehead atoms. The van der Waals surface area contributed by atoms with Crippen molar-refractivity contribution in [1.29, 1.82) is 0 Å². The number of alkyl halides is 1. The predicted molar refractivity (Wildman–Crippen MR) is 121 cm³/mol. The average molecular weight is 466 g/mol. The molecule has 184 valence electrons. The van der Waals surface area contributed by atoms with Gasteiger partial charge in [-0.3, -0.25) is 19.2 Å². The lowest BCUT2D eigenvalue weighted by atomic mass is 9.89. The lowest BCUT2D eigenvalue weighted by Gasteiger charge is -2.24. The first-order chi connectivity index (χ1) is 15.6. The molecular formula is C24H36FN3O5. The first-order valence-electron chi connectivity index (χ1n) is 11.7. The topological polar surface area (TPSA) is 107 Å². The molecule has 2 unspecified atom stereocenters. The molecule has 2 atom stereocenters. The van der Waals surface area contributed by atoms with Gasteiger partial charge in [-0.2, -0.15) is 5.10 Å². The van der Waals surface area contributed by atoms with Crippen LogP contribution in [-0.2, 0) is 25.7 Å². The third kappa shape index (κ3) is 8.05. The number of nitrogens with one attached hydrogen (secondary N) is 1. The summed E-state index contributed by atoms with van der Waals surface area (Å²) in [6.45, 7) is 5.94. The Balaban J connectivity index is 2.18. The number of halogens is 1. The van der Waals surface area contributed by atoms with Gasteiger partial charge in [0.15, 0.2) is 5.78 Å². The fraction of sp³-hybridized carbons (Fsp3) is 0.708. The monoisotopic (exact) mass is 465 g/mol. The van der Waals surface area contributed by atoms with Gasteiger partial charge in [0.05, 0.1) is 12.3 Å². The van der Waals surface area contributed by atoms with E-state index in [1.165, 1.54) is 23.4 Å². The molecule has 33 heavy (non-hydrogen) atoms. The van der Waals surface area contributed by atoms with Gasteiger partial charge in [-0.1, -0.05) is 26.2 Å². The fourth-order valence-corrected chi connectivity index (χ4v) is 4.18. The van der Waals surface area contributed by atoms with Crippen LogP contribution in [0.1, 0.15) is 84.1 Å². The molecular weight excluding hydrogens is 429 g/mol. The minimum Gasteiger partial charge on any atom is -0.460 e. The molecule has 1 fully saturated rings. The fourth-order valence-electron chi connectivity index (χ4n) is 4.18. The quantitative estimate of drug-likeness (QED) is 0.532. The maximum Gasteiger partial charge on any atom is 0.308 e. The van der Waals surface area contributed by atoms with Gasteiger partial charge < -0.3 is 10.1 Å². The standard InChI is InChI=1S/C24H36FN3O5/c1-5-17(18-11-12-26-28(23(18)32)15-16-9-7-6-8-10-16)22(31)27-19(20(29)14-25)13-21(30)33-24(2,3)4/h11-12,16-17,19H,5-10,13-15H2,1-4H3,(H,27,31). The number of Topliss-reactive ketones (excluding diaryl/α,β-unsaturated/α-hetero) is 1. The van der Waals surface area contributed by atoms with E-state index in [1.54, 1.807) is 27.7 Å². The van der Waals surface area contributed by atoms with Crippen molar-refractivity contribution < 1.29 is 23.5 Å². The predicted octanol–water partition coefficient (Wildman–Crippen LogP) is 3.07. The summed E-state index contributed by atoms with van der Waals surface area (Å²) >= 11 is 0.